The first-order valence-electron chi connectivity index (χ1n) is 14.7. The van der Waals surface area contributed by atoms with Crippen molar-refractivity contribution >= 4 is 38.6 Å². The molecule has 0 fully saturated rings. The molecule has 0 atom stereocenters. The Balaban J connectivity index is 1.55. The highest BCUT2D eigenvalue weighted by Gasteiger charge is 2.39. The lowest BCUT2D eigenvalue weighted by atomic mass is 9.80. The molecule has 0 aliphatic heterocycles. The maximum absolute atomic E-state index is 2.52. The number of para-hydroxylation sites is 1. The van der Waals surface area contributed by atoms with Gasteiger partial charge in [-0.15, -0.1) is 0 Å². The molecule has 1 aliphatic carbocycles. The third kappa shape index (κ3) is 3.63. The van der Waals surface area contributed by atoms with Gasteiger partial charge in [-0.05, 0) is 56.6 Å². The lowest BCUT2D eigenvalue weighted by Gasteiger charge is -2.32. The van der Waals surface area contributed by atoms with E-state index >= 15 is 0 Å². The standard InChI is InChI=1S/C41H31N/c1-41(2)35-24-12-10-23-34(35)39-38(27-30-18-7-9-22-33(30)40(39)41)42(37-26-14-19-29-17-6-8-20-32(29)37)36-25-13-11-21-31(36)28-15-4-3-5-16-28/h3-27H,1-2H3. The average Bonchev–Trinajstić information content (AvgIpc) is 3.29. The van der Waals surface area contributed by atoms with Gasteiger partial charge in [0.1, 0.15) is 0 Å². The van der Waals surface area contributed by atoms with Gasteiger partial charge in [0.25, 0.3) is 0 Å². The zero-order chi connectivity index (χ0) is 28.3. The number of hydrogen-bond acceptors (Lipinski definition) is 1. The summed E-state index contributed by atoms with van der Waals surface area (Å²) in [6.45, 7) is 4.77. The molecule has 7 aromatic carbocycles. The van der Waals surface area contributed by atoms with Crippen LogP contribution in [0, 0.1) is 0 Å². The van der Waals surface area contributed by atoms with Crippen molar-refractivity contribution in [3.8, 4) is 22.3 Å². The van der Waals surface area contributed by atoms with Gasteiger partial charge in [0.05, 0.1) is 17.1 Å². The highest BCUT2D eigenvalue weighted by Crippen LogP contribution is 2.57. The van der Waals surface area contributed by atoms with E-state index in [9.17, 15) is 0 Å². The fraction of sp³-hybridized carbons (Fsp3) is 0.0732. The van der Waals surface area contributed by atoms with Gasteiger partial charge in [-0.3, -0.25) is 0 Å². The minimum absolute atomic E-state index is 0.134. The third-order valence-corrected chi connectivity index (χ3v) is 9.00. The number of anilines is 3. The summed E-state index contributed by atoms with van der Waals surface area (Å²) in [6, 6.07) is 55.3. The molecule has 0 amide bonds. The van der Waals surface area contributed by atoms with E-state index in [4.69, 9.17) is 0 Å². The second kappa shape index (κ2) is 9.46. The lowest BCUT2D eigenvalue weighted by molar-refractivity contribution is 0.666. The number of fused-ring (bicyclic) bond motifs is 6. The first kappa shape index (κ1) is 24.6. The summed E-state index contributed by atoms with van der Waals surface area (Å²) in [4.78, 5) is 2.52. The maximum Gasteiger partial charge on any atom is 0.0550 e. The van der Waals surface area contributed by atoms with E-state index in [2.05, 4.69) is 170 Å². The van der Waals surface area contributed by atoms with E-state index in [1.807, 2.05) is 0 Å². The molecule has 0 spiro atoms. The van der Waals surface area contributed by atoms with Gasteiger partial charge in [0.15, 0.2) is 0 Å². The second-order valence-corrected chi connectivity index (χ2v) is 11.8. The van der Waals surface area contributed by atoms with Gasteiger partial charge >= 0.3 is 0 Å². The Hall–Kier alpha value is -5.14. The zero-order valence-corrected chi connectivity index (χ0v) is 23.9. The molecule has 0 heterocycles. The molecule has 1 nitrogen and oxygen atoms in total. The van der Waals surface area contributed by atoms with Gasteiger partial charge in [-0.25, -0.2) is 0 Å². The molecule has 0 radical (unpaired) electrons. The normalized spacial score (nSPS) is 13.2. The molecular formula is C41H31N. The quantitative estimate of drug-likeness (QED) is 0.216. The summed E-state index contributed by atoms with van der Waals surface area (Å²) in [6.07, 6.45) is 0. The molecule has 1 aliphatic rings. The molecule has 1 heteroatoms. The van der Waals surface area contributed by atoms with Crippen molar-refractivity contribution in [3.05, 3.63) is 163 Å². The van der Waals surface area contributed by atoms with E-state index in [0.717, 1.165) is 0 Å². The Kier molecular flexibility index (Phi) is 5.55. The number of hydrogen-bond donors (Lipinski definition) is 0. The van der Waals surface area contributed by atoms with E-state index in [1.165, 1.54) is 72.0 Å². The van der Waals surface area contributed by atoms with Crippen molar-refractivity contribution < 1.29 is 0 Å². The molecule has 0 bridgehead atoms. The average molecular weight is 538 g/mol. The highest BCUT2D eigenvalue weighted by atomic mass is 15.1. The first-order valence-corrected chi connectivity index (χ1v) is 14.7. The summed E-state index contributed by atoms with van der Waals surface area (Å²) in [5.74, 6) is 0. The fourth-order valence-corrected chi connectivity index (χ4v) is 7.13. The van der Waals surface area contributed by atoms with Gasteiger partial charge in [0.2, 0.25) is 0 Å². The third-order valence-electron chi connectivity index (χ3n) is 9.00. The Labute approximate surface area is 247 Å². The van der Waals surface area contributed by atoms with Gasteiger partial charge < -0.3 is 4.90 Å². The van der Waals surface area contributed by atoms with Crippen molar-refractivity contribution in [2.75, 3.05) is 4.90 Å². The largest absolute Gasteiger partial charge is 0.309 e. The predicted octanol–water partition coefficient (Wildman–Crippen LogP) is 11.4. The Bertz CT molecular complexity index is 2110. The van der Waals surface area contributed by atoms with Crippen LogP contribution in [0.4, 0.5) is 17.1 Å². The lowest BCUT2D eigenvalue weighted by Crippen LogP contribution is -2.17. The van der Waals surface area contributed by atoms with Crippen LogP contribution in [0.2, 0.25) is 0 Å². The zero-order valence-electron chi connectivity index (χ0n) is 23.9. The predicted molar refractivity (Wildman–Crippen MR) is 179 cm³/mol. The van der Waals surface area contributed by atoms with Gasteiger partial charge in [-0.2, -0.15) is 0 Å². The van der Waals surface area contributed by atoms with Gasteiger partial charge in [-0.1, -0.05) is 147 Å². The number of rotatable bonds is 4. The van der Waals surface area contributed by atoms with E-state index in [-0.39, 0.29) is 5.41 Å². The van der Waals surface area contributed by atoms with Gasteiger partial charge in [0, 0.05) is 21.9 Å². The summed E-state index contributed by atoms with van der Waals surface area (Å²) in [5, 5.41) is 5.05. The van der Waals surface area contributed by atoms with Crippen LogP contribution in [0.3, 0.4) is 0 Å². The van der Waals surface area contributed by atoms with Crippen LogP contribution in [0.15, 0.2) is 152 Å². The minimum Gasteiger partial charge on any atom is -0.309 e. The summed E-state index contributed by atoms with van der Waals surface area (Å²) >= 11 is 0. The van der Waals surface area contributed by atoms with E-state index in [0.29, 0.717) is 0 Å². The molecule has 0 saturated heterocycles. The minimum atomic E-state index is -0.134. The van der Waals surface area contributed by atoms with Crippen LogP contribution in [0.1, 0.15) is 25.0 Å². The number of benzene rings is 7. The second-order valence-electron chi connectivity index (χ2n) is 11.8. The monoisotopic (exact) mass is 537 g/mol. The van der Waals surface area contributed by atoms with Crippen molar-refractivity contribution in [3.63, 3.8) is 0 Å². The summed E-state index contributed by atoms with van der Waals surface area (Å²) in [7, 11) is 0. The molecule has 8 rings (SSSR count). The Morgan fingerprint density at radius 2 is 1.05 bits per heavy atom. The molecule has 0 unspecified atom stereocenters. The molecule has 0 N–H and O–H groups in total. The molecule has 200 valence electrons. The van der Waals surface area contributed by atoms with E-state index < -0.39 is 0 Å². The molecule has 0 aromatic heterocycles. The van der Waals surface area contributed by atoms with E-state index in [1.54, 1.807) is 0 Å². The molecular weight excluding hydrogens is 506 g/mol. The van der Waals surface area contributed by atoms with Crippen molar-refractivity contribution in [2.45, 2.75) is 19.3 Å². The maximum atomic E-state index is 2.52. The topological polar surface area (TPSA) is 3.24 Å². The molecule has 42 heavy (non-hydrogen) atoms. The van der Waals surface area contributed by atoms with Crippen molar-refractivity contribution in [2.24, 2.45) is 0 Å². The smallest absolute Gasteiger partial charge is 0.0550 e. The van der Waals surface area contributed by atoms with Crippen LogP contribution in [-0.4, -0.2) is 0 Å². The Morgan fingerprint density at radius 1 is 0.452 bits per heavy atom. The summed E-state index contributed by atoms with van der Waals surface area (Å²) in [5.41, 5.74) is 11.3. The van der Waals surface area contributed by atoms with Crippen molar-refractivity contribution in [1.29, 1.82) is 0 Å². The van der Waals surface area contributed by atoms with Crippen LogP contribution >= 0.6 is 0 Å². The highest BCUT2D eigenvalue weighted by molar-refractivity contribution is 6.09. The Morgan fingerprint density at radius 3 is 1.88 bits per heavy atom. The summed E-state index contributed by atoms with van der Waals surface area (Å²) < 4.78 is 0. The van der Waals surface area contributed by atoms with Crippen molar-refractivity contribution in [1.82, 2.24) is 0 Å². The SMILES string of the molecule is CC1(C)c2ccccc2-c2c(N(c3ccccc3-c3ccccc3)c3cccc4ccccc34)cc3ccccc3c21. The molecule has 0 saturated carbocycles. The first-order chi connectivity index (χ1) is 20.6. The fourth-order valence-electron chi connectivity index (χ4n) is 7.13. The van der Waals surface area contributed by atoms with Crippen LogP contribution in [0.5, 0.6) is 0 Å². The van der Waals surface area contributed by atoms with Crippen LogP contribution in [-0.2, 0) is 5.41 Å². The number of nitrogens with zero attached hydrogens (tertiary/aromatic N) is 1. The van der Waals surface area contributed by atoms with Crippen LogP contribution in [0.25, 0.3) is 43.8 Å². The molecule has 7 aromatic rings. The van der Waals surface area contributed by atoms with Crippen LogP contribution < -0.4 is 4.90 Å².